The lowest BCUT2D eigenvalue weighted by molar-refractivity contribution is 0.573. The van der Waals surface area contributed by atoms with Gasteiger partial charge in [-0.3, -0.25) is 4.99 Å². The minimum atomic E-state index is 0.927. The maximum atomic E-state index is 4.59. The number of nitrogens with zero attached hydrogens (tertiary/aromatic N) is 3. The van der Waals surface area contributed by atoms with Crippen LogP contribution in [-0.2, 0) is 0 Å². The van der Waals surface area contributed by atoms with Gasteiger partial charge in [-0.15, -0.1) is 0 Å². The molecule has 3 heterocycles. The molecule has 0 amide bonds. The monoisotopic (exact) mass is 244 g/mol. The van der Waals surface area contributed by atoms with Gasteiger partial charge in [0.2, 0.25) is 0 Å². The van der Waals surface area contributed by atoms with Crippen molar-refractivity contribution in [1.29, 1.82) is 0 Å². The first-order valence-electron chi connectivity index (χ1n) is 6.94. The molecule has 0 aromatic carbocycles. The number of piperidine rings is 1. The lowest BCUT2D eigenvalue weighted by Crippen LogP contribution is -2.35. The molecule has 96 valence electrons. The molecule has 0 bridgehead atoms. The molecule has 0 spiro atoms. The third-order valence-corrected chi connectivity index (χ3v) is 3.59. The molecule has 0 aliphatic carbocycles. The number of anilines is 1. The van der Waals surface area contributed by atoms with E-state index in [2.05, 4.69) is 26.3 Å². The molecule has 0 saturated carbocycles. The fraction of sp³-hybridized carbons (Fsp3) is 0.571. The van der Waals surface area contributed by atoms with Gasteiger partial charge in [-0.2, -0.15) is 0 Å². The summed E-state index contributed by atoms with van der Waals surface area (Å²) in [5.74, 6) is 2.13. The van der Waals surface area contributed by atoms with Crippen molar-refractivity contribution in [1.82, 2.24) is 10.3 Å². The molecule has 4 heteroatoms. The van der Waals surface area contributed by atoms with E-state index in [9.17, 15) is 0 Å². The Morgan fingerprint density at radius 1 is 1.11 bits per heavy atom. The van der Waals surface area contributed by atoms with Gasteiger partial charge in [-0.1, -0.05) is 0 Å². The maximum Gasteiger partial charge on any atom is 0.139 e. The van der Waals surface area contributed by atoms with Crippen LogP contribution in [0.1, 0.15) is 31.2 Å². The number of hydrogen-bond acceptors (Lipinski definition) is 4. The summed E-state index contributed by atoms with van der Waals surface area (Å²) in [5.41, 5.74) is 1.17. The van der Waals surface area contributed by atoms with Crippen LogP contribution in [0.3, 0.4) is 0 Å². The second-order valence-corrected chi connectivity index (χ2v) is 4.93. The molecule has 3 rings (SSSR count). The molecule has 2 aliphatic rings. The van der Waals surface area contributed by atoms with Crippen LogP contribution in [0, 0.1) is 0 Å². The van der Waals surface area contributed by atoms with Crippen molar-refractivity contribution < 1.29 is 0 Å². The topological polar surface area (TPSA) is 40.5 Å². The number of amidine groups is 1. The van der Waals surface area contributed by atoms with E-state index >= 15 is 0 Å². The van der Waals surface area contributed by atoms with E-state index in [0.29, 0.717) is 0 Å². The molecule has 1 N–H and O–H groups in total. The molecule has 0 unspecified atom stereocenters. The Kier molecular flexibility index (Phi) is 3.44. The average Bonchev–Trinajstić information content (AvgIpc) is 2.49. The molecule has 0 atom stereocenters. The van der Waals surface area contributed by atoms with Crippen LogP contribution >= 0.6 is 0 Å². The van der Waals surface area contributed by atoms with Gasteiger partial charge in [-0.25, -0.2) is 4.98 Å². The minimum absolute atomic E-state index is 0.927. The lowest BCUT2D eigenvalue weighted by atomic mass is 10.1. The highest BCUT2D eigenvalue weighted by Gasteiger charge is 2.18. The Hall–Kier alpha value is -1.58. The van der Waals surface area contributed by atoms with Crippen molar-refractivity contribution in [3.63, 3.8) is 0 Å². The Labute approximate surface area is 108 Å². The summed E-state index contributed by atoms with van der Waals surface area (Å²) < 4.78 is 0. The zero-order valence-electron chi connectivity index (χ0n) is 10.7. The summed E-state index contributed by atoms with van der Waals surface area (Å²) in [7, 11) is 0. The van der Waals surface area contributed by atoms with Crippen molar-refractivity contribution in [2.45, 2.75) is 25.7 Å². The first kappa shape index (κ1) is 11.5. The van der Waals surface area contributed by atoms with Crippen LogP contribution < -0.4 is 10.2 Å². The van der Waals surface area contributed by atoms with E-state index in [1.807, 2.05) is 12.3 Å². The van der Waals surface area contributed by atoms with Gasteiger partial charge < -0.3 is 10.2 Å². The largest absolute Gasteiger partial charge is 0.370 e. The molecule has 1 aromatic rings. The van der Waals surface area contributed by atoms with Crippen LogP contribution in [0.15, 0.2) is 23.3 Å². The van der Waals surface area contributed by atoms with Crippen molar-refractivity contribution in [3.05, 3.63) is 23.9 Å². The SMILES string of the molecule is c1cnc(N2CCCCC2)c(C2=NCCCN2)c1. The summed E-state index contributed by atoms with van der Waals surface area (Å²) in [4.78, 5) is 11.6. The molecule has 2 aliphatic heterocycles. The predicted octanol–water partition coefficient (Wildman–Crippen LogP) is 1.81. The molecule has 1 aromatic heterocycles. The van der Waals surface area contributed by atoms with Crippen LogP contribution in [0.4, 0.5) is 5.82 Å². The van der Waals surface area contributed by atoms with E-state index in [-0.39, 0.29) is 0 Å². The van der Waals surface area contributed by atoms with Gasteiger partial charge in [0.25, 0.3) is 0 Å². The zero-order valence-corrected chi connectivity index (χ0v) is 10.7. The summed E-state index contributed by atoms with van der Waals surface area (Å²) in [6.07, 6.45) is 6.91. The molecular weight excluding hydrogens is 224 g/mol. The smallest absolute Gasteiger partial charge is 0.139 e. The summed E-state index contributed by atoms with van der Waals surface area (Å²) in [5, 5.41) is 3.40. The highest BCUT2D eigenvalue weighted by molar-refractivity contribution is 6.03. The quantitative estimate of drug-likeness (QED) is 0.862. The van der Waals surface area contributed by atoms with E-state index in [1.54, 1.807) is 0 Å². The number of pyridine rings is 1. The van der Waals surface area contributed by atoms with E-state index in [0.717, 1.165) is 44.3 Å². The van der Waals surface area contributed by atoms with Gasteiger partial charge in [0, 0.05) is 32.4 Å². The number of aliphatic imine (C=N–C) groups is 1. The van der Waals surface area contributed by atoms with Gasteiger partial charge in [0.15, 0.2) is 0 Å². The van der Waals surface area contributed by atoms with E-state index in [1.165, 1.54) is 24.8 Å². The normalized spacial score (nSPS) is 20.2. The molecule has 18 heavy (non-hydrogen) atoms. The first-order chi connectivity index (χ1) is 8.95. The van der Waals surface area contributed by atoms with Crippen molar-refractivity contribution in [2.75, 3.05) is 31.1 Å². The minimum Gasteiger partial charge on any atom is -0.370 e. The molecule has 0 radical (unpaired) electrons. The number of aromatic nitrogens is 1. The fourth-order valence-electron chi connectivity index (χ4n) is 2.65. The van der Waals surface area contributed by atoms with Gasteiger partial charge >= 0.3 is 0 Å². The van der Waals surface area contributed by atoms with E-state index < -0.39 is 0 Å². The molecule has 1 saturated heterocycles. The third kappa shape index (κ3) is 2.33. The van der Waals surface area contributed by atoms with Crippen LogP contribution in [-0.4, -0.2) is 37.0 Å². The first-order valence-corrected chi connectivity index (χ1v) is 6.94. The van der Waals surface area contributed by atoms with Crippen LogP contribution in [0.25, 0.3) is 0 Å². The molecule has 4 nitrogen and oxygen atoms in total. The van der Waals surface area contributed by atoms with Gasteiger partial charge in [0.1, 0.15) is 11.7 Å². The van der Waals surface area contributed by atoms with Crippen molar-refractivity contribution in [3.8, 4) is 0 Å². The highest BCUT2D eigenvalue weighted by Crippen LogP contribution is 2.22. The number of nitrogens with one attached hydrogen (secondary N) is 1. The second kappa shape index (κ2) is 5.38. The van der Waals surface area contributed by atoms with E-state index in [4.69, 9.17) is 0 Å². The Bertz CT molecular complexity index is 435. The van der Waals surface area contributed by atoms with Crippen LogP contribution in [0.5, 0.6) is 0 Å². The van der Waals surface area contributed by atoms with Gasteiger partial charge in [0.05, 0.1) is 5.56 Å². The Balaban J connectivity index is 1.91. The standard InChI is InChI=1S/C14H20N4/c1-2-10-18(11-3-1)14-12(6-4-7-17-14)13-15-8-5-9-16-13/h4,6-7H,1-3,5,8-11H2,(H,15,16). The van der Waals surface area contributed by atoms with Crippen molar-refractivity contribution in [2.24, 2.45) is 4.99 Å². The summed E-state index contributed by atoms with van der Waals surface area (Å²) in [6, 6.07) is 4.13. The average molecular weight is 244 g/mol. The molecular formula is C14H20N4. The Morgan fingerprint density at radius 2 is 2.00 bits per heavy atom. The van der Waals surface area contributed by atoms with Gasteiger partial charge in [-0.05, 0) is 37.8 Å². The third-order valence-electron chi connectivity index (χ3n) is 3.59. The second-order valence-electron chi connectivity index (χ2n) is 4.93. The number of rotatable bonds is 2. The van der Waals surface area contributed by atoms with Crippen LogP contribution in [0.2, 0.25) is 0 Å². The number of hydrogen-bond donors (Lipinski definition) is 1. The van der Waals surface area contributed by atoms with Crippen molar-refractivity contribution >= 4 is 11.7 Å². The Morgan fingerprint density at radius 3 is 2.78 bits per heavy atom. The maximum absolute atomic E-state index is 4.59. The molecule has 1 fully saturated rings. The fourth-order valence-corrected chi connectivity index (χ4v) is 2.65. The summed E-state index contributed by atoms with van der Waals surface area (Å²) in [6.45, 7) is 4.19. The predicted molar refractivity (Wildman–Crippen MR) is 74.3 cm³/mol. The highest BCUT2D eigenvalue weighted by atomic mass is 15.2. The summed E-state index contributed by atoms with van der Waals surface area (Å²) >= 11 is 0. The lowest BCUT2D eigenvalue weighted by Gasteiger charge is -2.30. The zero-order chi connectivity index (χ0) is 12.2.